The van der Waals surface area contributed by atoms with Crippen LogP contribution in [0, 0.1) is 0 Å². The average Bonchev–Trinajstić information content (AvgIpc) is 3.03. The third-order valence-electron chi connectivity index (χ3n) is 3.90. The van der Waals surface area contributed by atoms with E-state index in [1.54, 1.807) is 6.92 Å². The lowest BCUT2D eigenvalue weighted by Gasteiger charge is -2.34. The molecule has 1 atom stereocenters. The van der Waals surface area contributed by atoms with Crippen LogP contribution in [0.2, 0.25) is 0 Å². The lowest BCUT2D eigenvalue weighted by Crippen LogP contribution is -2.56. The van der Waals surface area contributed by atoms with Gasteiger partial charge in [0.25, 0.3) is 0 Å². The van der Waals surface area contributed by atoms with E-state index in [0.717, 1.165) is 5.56 Å². The standard InChI is InChI=1S/C18H25NO5/c1-3-13-22-16(20)18(24-4-2)11-8-12-19(18)17(21)23-14-15-9-6-5-7-10-15/h5-7,9-10H,3-4,8,11-14H2,1-2H3/t18-/m1/s1. The second-order valence-corrected chi connectivity index (χ2v) is 5.65. The Morgan fingerprint density at radius 3 is 2.58 bits per heavy atom. The zero-order valence-corrected chi connectivity index (χ0v) is 14.3. The van der Waals surface area contributed by atoms with Gasteiger partial charge in [0.1, 0.15) is 6.61 Å². The van der Waals surface area contributed by atoms with Crippen molar-refractivity contribution in [2.75, 3.05) is 19.8 Å². The minimum atomic E-state index is -1.36. The lowest BCUT2D eigenvalue weighted by molar-refractivity contribution is -0.191. The Morgan fingerprint density at radius 1 is 1.17 bits per heavy atom. The number of hydrogen-bond acceptors (Lipinski definition) is 5. The lowest BCUT2D eigenvalue weighted by atomic mass is 10.1. The van der Waals surface area contributed by atoms with Crippen LogP contribution in [0.4, 0.5) is 4.79 Å². The predicted molar refractivity (Wildman–Crippen MR) is 88.2 cm³/mol. The number of amides is 1. The molecule has 0 saturated carbocycles. The third-order valence-corrected chi connectivity index (χ3v) is 3.90. The van der Waals surface area contributed by atoms with Crippen LogP contribution in [0.3, 0.4) is 0 Å². The molecule has 0 aliphatic carbocycles. The molecule has 6 nitrogen and oxygen atoms in total. The second-order valence-electron chi connectivity index (χ2n) is 5.65. The second kappa shape index (κ2) is 8.68. The summed E-state index contributed by atoms with van der Waals surface area (Å²) < 4.78 is 16.3. The molecular weight excluding hydrogens is 310 g/mol. The topological polar surface area (TPSA) is 65.1 Å². The van der Waals surface area contributed by atoms with Crippen molar-refractivity contribution in [1.82, 2.24) is 4.90 Å². The molecule has 1 aromatic carbocycles. The van der Waals surface area contributed by atoms with Crippen molar-refractivity contribution in [3.05, 3.63) is 35.9 Å². The fraction of sp³-hybridized carbons (Fsp3) is 0.556. The maximum Gasteiger partial charge on any atom is 0.412 e. The number of carbonyl (C=O) groups excluding carboxylic acids is 2. The van der Waals surface area contributed by atoms with Crippen molar-refractivity contribution in [2.45, 2.75) is 45.4 Å². The number of esters is 1. The number of benzene rings is 1. The maximum atomic E-state index is 12.5. The highest BCUT2D eigenvalue weighted by molar-refractivity contribution is 5.85. The van der Waals surface area contributed by atoms with Crippen LogP contribution in [0.1, 0.15) is 38.7 Å². The van der Waals surface area contributed by atoms with Gasteiger partial charge in [-0.3, -0.25) is 4.90 Å². The first-order chi connectivity index (χ1) is 11.6. The van der Waals surface area contributed by atoms with E-state index in [9.17, 15) is 9.59 Å². The molecule has 6 heteroatoms. The molecule has 0 radical (unpaired) electrons. The largest absolute Gasteiger partial charge is 0.462 e. The van der Waals surface area contributed by atoms with E-state index in [-0.39, 0.29) is 6.61 Å². The summed E-state index contributed by atoms with van der Waals surface area (Å²) in [5, 5.41) is 0. The molecular formula is C18H25NO5. The van der Waals surface area contributed by atoms with Crippen LogP contribution in [-0.4, -0.2) is 42.4 Å². The zero-order valence-electron chi connectivity index (χ0n) is 14.3. The number of likely N-dealkylation sites (tertiary alicyclic amines) is 1. The first-order valence-corrected chi connectivity index (χ1v) is 8.43. The molecule has 2 rings (SSSR count). The molecule has 1 aliphatic heterocycles. The Hall–Kier alpha value is -2.08. The highest BCUT2D eigenvalue weighted by Gasteiger charge is 2.53. The quantitative estimate of drug-likeness (QED) is 0.716. The van der Waals surface area contributed by atoms with Crippen LogP contribution >= 0.6 is 0 Å². The molecule has 1 saturated heterocycles. The monoisotopic (exact) mass is 335 g/mol. The Labute approximate surface area is 142 Å². The number of carbonyl (C=O) groups is 2. The molecule has 1 heterocycles. The SMILES string of the molecule is CCCOC(=O)[C@]1(OCC)CCCN1C(=O)OCc1ccccc1. The van der Waals surface area contributed by atoms with E-state index >= 15 is 0 Å². The molecule has 1 aromatic rings. The first-order valence-electron chi connectivity index (χ1n) is 8.43. The van der Waals surface area contributed by atoms with Crippen LogP contribution < -0.4 is 0 Å². The fourth-order valence-electron chi connectivity index (χ4n) is 2.80. The van der Waals surface area contributed by atoms with E-state index in [2.05, 4.69) is 0 Å². The van der Waals surface area contributed by atoms with Crippen molar-refractivity contribution in [1.29, 1.82) is 0 Å². The summed E-state index contributed by atoms with van der Waals surface area (Å²) in [6.07, 6.45) is 1.25. The minimum Gasteiger partial charge on any atom is -0.462 e. The summed E-state index contributed by atoms with van der Waals surface area (Å²) in [5.41, 5.74) is -0.474. The van der Waals surface area contributed by atoms with Gasteiger partial charge >= 0.3 is 12.1 Å². The summed E-state index contributed by atoms with van der Waals surface area (Å²) in [6.45, 7) is 4.89. The van der Waals surface area contributed by atoms with Gasteiger partial charge in [-0.2, -0.15) is 0 Å². The van der Waals surface area contributed by atoms with Gasteiger partial charge in [0.05, 0.1) is 6.61 Å². The highest BCUT2D eigenvalue weighted by Crippen LogP contribution is 2.33. The molecule has 0 spiro atoms. The zero-order chi connectivity index (χ0) is 17.4. The van der Waals surface area contributed by atoms with Gasteiger partial charge in [0.15, 0.2) is 0 Å². The summed E-state index contributed by atoms with van der Waals surface area (Å²) in [5.74, 6) is -0.514. The van der Waals surface area contributed by atoms with Crippen LogP contribution in [0.15, 0.2) is 30.3 Å². The Bertz CT molecular complexity index is 548. The van der Waals surface area contributed by atoms with Gasteiger partial charge in [0.2, 0.25) is 5.72 Å². The van der Waals surface area contributed by atoms with E-state index < -0.39 is 17.8 Å². The van der Waals surface area contributed by atoms with Crippen LogP contribution in [0.5, 0.6) is 0 Å². The predicted octanol–water partition coefficient (Wildman–Crippen LogP) is 3.11. The third kappa shape index (κ3) is 4.06. The van der Waals surface area contributed by atoms with E-state index in [1.807, 2.05) is 37.3 Å². The molecule has 0 unspecified atom stereocenters. The molecule has 1 amide bonds. The van der Waals surface area contributed by atoms with Crippen LogP contribution in [-0.2, 0) is 25.6 Å². The van der Waals surface area contributed by atoms with Crippen molar-refractivity contribution in [3.63, 3.8) is 0 Å². The number of nitrogens with zero attached hydrogens (tertiary/aromatic N) is 1. The van der Waals surface area contributed by atoms with Gasteiger partial charge < -0.3 is 14.2 Å². The van der Waals surface area contributed by atoms with Gasteiger partial charge in [-0.15, -0.1) is 0 Å². The Morgan fingerprint density at radius 2 is 1.92 bits per heavy atom. The number of rotatable bonds is 7. The summed E-state index contributed by atoms with van der Waals surface area (Å²) in [4.78, 5) is 26.4. The molecule has 1 fully saturated rings. The fourth-order valence-corrected chi connectivity index (χ4v) is 2.80. The molecule has 0 bridgehead atoms. The summed E-state index contributed by atoms with van der Waals surface area (Å²) in [7, 11) is 0. The smallest absolute Gasteiger partial charge is 0.412 e. The molecule has 1 aliphatic rings. The van der Waals surface area contributed by atoms with Gasteiger partial charge in [-0.25, -0.2) is 9.59 Å². The van der Waals surface area contributed by atoms with E-state index in [0.29, 0.717) is 39.0 Å². The highest BCUT2D eigenvalue weighted by atomic mass is 16.6. The first kappa shape index (κ1) is 18.3. The molecule has 0 N–H and O–H groups in total. The number of ether oxygens (including phenoxy) is 3. The van der Waals surface area contributed by atoms with Crippen molar-refractivity contribution >= 4 is 12.1 Å². The normalized spacial score (nSPS) is 20.0. The average molecular weight is 335 g/mol. The summed E-state index contributed by atoms with van der Waals surface area (Å²) >= 11 is 0. The van der Waals surface area contributed by atoms with Crippen LogP contribution in [0.25, 0.3) is 0 Å². The van der Waals surface area contributed by atoms with E-state index in [1.165, 1.54) is 4.90 Å². The molecule has 0 aromatic heterocycles. The Balaban J connectivity index is 2.07. The van der Waals surface area contributed by atoms with E-state index in [4.69, 9.17) is 14.2 Å². The van der Waals surface area contributed by atoms with Crippen molar-refractivity contribution in [3.8, 4) is 0 Å². The maximum absolute atomic E-state index is 12.5. The van der Waals surface area contributed by atoms with Gasteiger partial charge in [-0.05, 0) is 25.3 Å². The molecule has 132 valence electrons. The van der Waals surface area contributed by atoms with Gasteiger partial charge in [0, 0.05) is 19.6 Å². The molecule has 24 heavy (non-hydrogen) atoms. The minimum absolute atomic E-state index is 0.155. The summed E-state index contributed by atoms with van der Waals surface area (Å²) in [6, 6.07) is 9.41. The van der Waals surface area contributed by atoms with Crippen molar-refractivity contribution < 1.29 is 23.8 Å². The van der Waals surface area contributed by atoms with Gasteiger partial charge in [-0.1, -0.05) is 37.3 Å². The Kier molecular flexibility index (Phi) is 6.61. The number of hydrogen-bond donors (Lipinski definition) is 0. The van der Waals surface area contributed by atoms with Crippen molar-refractivity contribution in [2.24, 2.45) is 0 Å².